The molecule has 10 atom stereocenters. The van der Waals surface area contributed by atoms with Gasteiger partial charge in [0.1, 0.15) is 24.5 Å². The molecular weight excluding hydrogens is 669 g/mol. The van der Waals surface area contributed by atoms with Crippen LogP contribution in [0.3, 0.4) is 0 Å². The van der Waals surface area contributed by atoms with Crippen LogP contribution in [0.4, 0.5) is 11.4 Å². The molecule has 10 aliphatic rings. The number of nitrogens with zero attached hydrogens (tertiary/aromatic N) is 4. The van der Waals surface area contributed by atoms with E-state index in [1.807, 2.05) is 48.5 Å². The van der Waals surface area contributed by atoms with Crippen molar-refractivity contribution >= 4 is 78.2 Å². The zero-order valence-electron chi connectivity index (χ0n) is 24.9. The molecule has 0 aromatic heterocycles. The van der Waals surface area contributed by atoms with E-state index in [0.29, 0.717) is 22.5 Å². The van der Waals surface area contributed by atoms with Crippen molar-refractivity contribution in [3.8, 4) is 0 Å². The number of likely N-dealkylation sites (N-methyl/N-ethyl adjacent to an activating group) is 2. The molecule has 16 heteroatoms. The molecular formula is C30H28N6O6S4. The van der Waals surface area contributed by atoms with Crippen LogP contribution >= 0.6 is 43.2 Å². The summed E-state index contributed by atoms with van der Waals surface area (Å²) in [5.74, 6) is -1.52. The SMILES string of the molecule is CN1C(=O)[C@]23SS[C@@]1(C)C(=O)N2[C@H]1Nc2ccccc2[C@@]1([C@@]12c4ccccc4N[C@@H]1N1C(=O)[C@@]4(C)SSC1(C(=O)N4C)[C@H]2O)[C@@H]3O. The number of carbonyl (C=O) groups excluding carboxylic acids is 4. The largest absolute Gasteiger partial charge is 0.388 e. The second kappa shape index (κ2) is 7.92. The first-order valence-corrected chi connectivity index (χ1v) is 19.2. The summed E-state index contributed by atoms with van der Waals surface area (Å²) in [6, 6.07) is 14.8. The van der Waals surface area contributed by atoms with E-state index in [0.717, 1.165) is 0 Å². The van der Waals surface area contributed by atoms with Gasteiger partial charge in [-0.15, -0.1) is 0 Å². The Morgan fingerprint density at radius 1 is 0.609 bits per heavy atom. The number of piperazine rings is 2. The Hall–Kier alpha value is -2.76. The number of nitrogens with one attached hydrogen (secondary N) is 2. The van der Waals surface area contributed by atoms with Crippen LogP contribution in [0, 0.1) is 0 Å². The van der Waals surface area contributed by atoms with Crippen LogP contribution in [0.5, 0.6) is 0 Å². The van der Waals surface area contributed by atoms with E-state index in [9.17, 15) is 29.4 Å². The predicted molar refractivity (Wildman–Crippen MR) is 175 cm³/mol. The number of anilines is 2. The molecule has 238 valence electrons. The number of rotatable bonds is 1. The number of hydrogen-bond donors (Lipinski definition) is 4. The second-order valence-electron chi connectivity index (χ2n) is 13.5. The van der Waals surface area contributed by atoms with Gasteiger partial charge in [-0.3, -0.25) is 29.0 Å². The molecule has 10 aliphatic heterocycles. The molecule has 2 spiro atoms. The third kappa shape index (κ3) is 2.30. The van der Waals surface area contributed by atoms with Crippen LogP contribution in [-0.2, 0) is 30.0 Å². The molecule has 8 saturated heterocycles. The molecule has 4 amide bonds. The van der Waals surface area contributed by atoms with E-state index in [1.54, 1.807) is 27.9 Å². The number of aliphatic hydroxyl groups is 2. The summed E-state index contributed by atoms with van der Waals surface area (Å²) in [6.45, 7) is 3.42. The first kappa shape index (κ1) is 28.3. The van der Waals surface area contributed by atoms with Crippen molar-refractivity contribution in [3.05, 3.63) is 59.7 Å². The van der Waals surface area contributed by atoms with Gasteiger partial charge < -0.3 is 30.6 Å². The van der Waals surface area contributed by atoms with Crippen LogP contribution in [0.15, 0.2) is 48.5 Å². The van der Waals surface area contributed by atoms with Gasteiger partial charge in [0, 0.05) is 25.5 Å². The van der Waals surface area contributed by atoms with Crippen molar-refractivity contribution in [2.45, 2.75) is 68.7 Å². The fraction of sp³-hybridized carbons (Fsp3) is 0.467. The third-order valence-corrected chi connectivity index (χ3v) is 19.5. The Morgan fingerprint density at radius 2 is 0.978 bits per heavy atom. The van der Waals surface area contributed by atoms with E-state index in [-0.39, 0.29) is 11.8 Å². The quantitative estimate of drug-likeness (QED) is 0.320. The summed E-state index contributed by atoms with van der Waals surface area (Å²) in [5.41, 5.74) is -0.775. The maximum Gasteiger partial charge on any atom is 0.264 e. The fourth-order valence-electron chi connectivity index (χ4n) is 9.79. The summed E-state index contributed by atoms with van der Waals surface area (Å²) < 4.78 is 0. The zero-order chi connectivity index (χ0) is 32.1. The number of carbonyl (C=O) groups is 4. The van der Waals surface area contributed by atoms with E-state index < -0.39 is 66.7 Å². The Kier molecular flexibility index (Phi) is 4.87. The molecule has 4 bridgehead atoms. The highest BCUT2D eigenvalue weighted by Crippen LogP contribution is 2.78. The minimum Gasteiger partial charge on any atom is -0.388 e. The van der Waals surface area contributed by atoms with Gasteiger partial charge in [-0.25, -0.2) is 0 Å². The molecule has 46 heavy (non-hydrogen) atoms. The number of fused-ring (bicyclic) bond motifs is 11. The standard InChI is InChI=1S/C30H28N6O6S4/c1-25-21(39)35-19-27(13-9-5-7-11-15(13)31-19,17(37)29(35,45-43-25)23(41)33(25)3)28-14-10-6-8-12-16(14)32-20(28)36-22(40)26(2)34(4)24(42)30(36,18(28)38)46-44-26/h5-12,17-20,31-32,37-38H,1-4H3/t17-,18-,19+,20+,25-,26+,27+,28+,29-,30?/m0/s1. The van der Waals surface area contributed by atoms with Gasteiger partial charge in [-0.05, 0) is 58.7 Å². The summed E-state index contributed by atoms with van der Waals surface area (Å²) in [6.07, 6.45) is -5.21. The first-order valence-electron chi connectivity index (χ1n) is 14.9. The average Bonchev–Trinajstić information content (AvgIpc) is 3.70. The molecule has 12 nitrogen and oxygen atoms in total. The average molecular weight is 697 g/mol. The number of hydrogen-bond acceptors (Lipinski definition) is 12. The highest BCUT2D eigenvalue weighted by molar-refractivity contribution is 8.78. The van der Waals surface area contributed by atoms with Gasteiger partial charge in [-0.2, -0.15) is 0 Å². The van der Waals surface area contributed by atoms with Crippen LogP contribution in [0.25, 0.3) is 0 Å². The van der Waals surface area contributed by atoms with Gasteiger partial charge in [0.2, 0.25) is 9.74 Å². The summed E-state index contributed by atoms with van der Waals surface area (Å²) in [4.78, 5) is 58.2. The maximum atomic E-state index is 14.7. The van der Waals surface area contributed by atoms with Crippen molar-refractivity contribution in [1.29, 1.82) is 0 Å². The molecule has 12 rings (SSSR count). The molecule has 2 aromatic rings. The lowest BCUT2D eigenvalue weighted by Crippen LogP contribution is -2.77. The van der Waals surface area contributed by atoms with Gasteiger partial charge in [0.25, 0.3) is 23.6 Å². The van der Waals surface area contributed by atoms with Crippen LogP contribution in [0.2, 0.25) is 0 Å². The number of benzene rings is 2. The van der Waals surface area contributed by atoms with Crippen LogP contribution in [0.1, 0.15) is 25.0 Å². The van der Waals surface area contributed by atoms with Gasteiger partial charge in [-0.1, -0.05) is 58.0 Å². The van der Waals surface area contributed by atoms with E-state index in [1.165, 1.54) is 62.8 Å². The number of para-hydroxylation sites is 2. The highest BCUT2D eigenvalue weighted by Gasteiger charge is 2.92. The topological polar surface area (TPSA) is 146 Å². The molecule has 2 aromatic carbocycles. The lowest BCUT2D eigenvalue weighted by Gasteiger charge is -2.58. The van der Waals surface area contributed by atoms with E-state index >= 15 is 0 Å². The molecule has 0 aliphatic carbocycles. The van der Waals surface area contributed by atoms with Crippen molar-refractivity contribution < 1.29 is 29.4 Å². The first-order chi connectivity index (χ1) is 21.8. The Labute approximate surface area is 279 Å². The molecule has 10 heterocycles. The maximum absolute atomic E-state index is 14.7. The molecule has 4 N–H and O–H groups in total. The lowest BCUT2D eigenvalue weighted by atomic mass is 9.52. The van der Waals surface area contributed by atoms with Crippen molar-refractivity contribution in [1.82, 2.24) is 19.6 Å². The lowest BCUT2D eigenvalue weighted by molar-refractivity contribution is -0.166. The molecule has 0 radical (unpaired) electrons. The van der Waals surface area contributed by atoms with Crippen molar-refractivity contribution in [2.75, 3.05) is 24.7 Å². The van der Waals surface area contributed by atoms with E-state index in [4.69, 9.17) is 0 Å². The molecule has 0 saturated carbocycles. The van der Waals surface area contributed by atoms with Crippen LogP contribution < -0.4 is 10.6 Å². The second-order valence-corrected chi connectivity index (χ2v) is 19.0. The zero-order valence-corrected chi connectivity index (χ0v) is 28.1. The summed E-state index contributed by atoms with van der Waals surface area (Å²) in [5, 5.41) is 33.6. The molecule has 1 unspecified atom stereocenters. The Bertz CT molecular complexity index is 1760. The van der Waals surface area contributed by atoms with Crippen molar-refractivity contribution in [2.24, 2.45) is 0 Å². The summed E-state index contributed by atoms with van der Waals surface area (Å²) >= 11 is 0. The van der Waals surface area contributed by atoms with Gasteiger partial charge in [0.05, 0.1) is 10.8 Å². The van der Waals surface area contributed by atoms with Crippen LogP contribution in [-0.4, -0.2) is 112 Å². The fourth-order valence-corrected chi connectivity index (χ4v) is 16.9. The Morgan fingerprint density at radius 3 is 1.37 bits per heavy atom. The summed E-state index contributed by atoms with van der Waals surface area (Å²) in [7, 11) is 7.98. The number of amides is 4. The highest BCUT2D eigenvalue weighted by atomic mass is 33.1. The normalized spacial score (nSPS) is 47.0. The minimum atomic E-state index is -1.76. The minimum absolute atomic E-state index is 0.342. The Balaban J connectivity index is 1.36. The predicted octanol–water partition coefficient (Wildman–Crippen LogP) is 1.33. The monoisotopic (exact) mass is 696 g/mol. The third-order valence-electron chi connectivity index (χ3n) is 12.1. The number of aliphatic hydroxyl groups excluding tert-OH is 2. The molecule has 8 fully saturated rings. The smallest absolute Gasteiger partial charge is 0.264 e. The van der Waals surface area contributed by atoms with E-state index in [2.05, 4.69) is 10.6 Å². The van der Waals surface area contributed by atoms with Gasteiger partial charge in [0.15, 0.2) is 9.74 Å². The van der Waals surface area contributed by atoms with Crippen molar-refractivity contribution in [3.63, 3.8) is 0 Å². The van der Waals surface area contributed by atoms with Gasteiger partial charge >= 0.3 is 0 Å².